The molecule has 2 aromatic rings. The van der Waals surface area contributed by atoms with Crippen LogP contribution in [0.4, 0.5) is 5.82 Å². The second-order valence-corrected chi connectivity index (χ2v) is 8.14. The van der Waals surface area contributed by atoms with Crippen LogP contribution in [0.2, 0.25) is 5.02 Å². The molecule has 0 aromatic carbocycles. The van der Waals surface area contributed by atoms with Crippen molar-refractivity contribution in [2.24, 2.45) is 0 Å². The first-order chi connectivity index (χ1) is 8.38. The Balaban J connectivity index is 2.33. The molecule has 0 spiro atoms. The van der Waals surface area contributed by atoms with Gasteiger partial charge in [0.15, 0.2) is 0 Å². The van der Waals surface area contributed by atoms with E-state index < -0.39 is 10.0 Å². The molecule has 0 radical (unpaired) electrons. The average molecular weight is 368 g/mol. The first-order valence-electron chi connectivity index (χ1n) is 4.80. The lowest BCUT2D eigenvalue weighted by molar-refractivity contribution is 0.603. The van der Waals surface area contributed by atoms with Gasteiger partial charge in [-0.1, -0.05) is 17.7 Å². The molecule has 8 heteroatoms. The van der Waals surface area contributed by atoms with Gasteiger partial charge in [-0.15, -0.1) is 11.3 Å². The SMILES string of the molecule is Cc1cccc(NS(=O)(=O)c2cc(Cl)c(Br)s2)n1. The zero-order chi connectivity index (χ0) is 13.3. The monoisotopic (exact) mass is 366 g/mol. The van der Waals surface area contributed by atoms with Crippen LogP contribution in [0.15, 0.2) is 32.3 Å². The molecule has 1 N–H and O–H groups in total. The third-order valence-electron chi connectivity index (χ3n) is 2.01. The fourth-order valence-electron chi connectivity index (χ4n) is 1.25. The fourth-order valence-corrected chi connectivity index (χ4v) is 4.65. The Morgan fingerprint density at radius 3 is 2.72 bits per heavy atom. The van der Waals surface area contributed by atoms with E-state index in [0.717, 1.165) is 17.0 Å². The highest BCUT2D eigenvalue weighted by molar-refractivity contribution is 9.11. The minimum Gasteiger partial charge on any atom is -0.263 e. The van der Waals surface area contributed by atoms with Crippen LogP contribution in [-0.2, 0) is 10.0 Å². The molecule has 0 saturated carbocycles. The van der Waals surface area contributed by atoms with Crippen molar-refractivity contribution in [3.63, 3.8) is 0 Å². The minimum absolute atomic E-state index is 0.141. The molecule has 2 aromatic heterocycles. The lowest BCUT2D eigenvalue weighted by Gasteiger charge is -2.05. The molecule has 2 heterocycles. The van der Waals surface area contributed by atoms with Gasteiger partial charge in [-0.2, -0.15) is 0 Å². The maximum Gasteiger partial charge on any atom is 0.272 e. The van der Waals surface area contributed by atoms with E-state index in [2.05, 4.69) is 25.6 Å². The quantitative estimate of drug-likeness (QED) is 0.900. The predicted octanol–water partition coefficient (Wildman–Crippen LogP) is 3.67. The standard InChI is InChI=1S/C10H8BrClN2O2S2/c1-6-3-2-4-8(13-6)14-18(15,16)9-5-7(12)10(11)17-9/h2-5H,1H3,(H,13,14). The van der Waals surface area contributed by atoms with Gasteiger partial charge in [-0.05, 0) is 41.1 Å². The highest BCUT2D eigenvalue weighted by atomic mass is 79.9. The summed E-state index contributed by atoms with van der Waals surface area (Å²) in [7, 11) is -3.64. The zero-order valence-electron chi connectivity index (χ0n) is 9.15. The fraction of sp³-hybridized carbons (Fsp3) is 0.100. The number of rotatable bonds is 3. The van der Waals surface area contributed by atoms with Gasteiger partial charge in [-0.25, -0.2) is 13.4 Å². The summed E-state index contributed by atoms with van der Waals surface area (Å²) < 4.78 is 27.3. The topological polar surface area (TPSA) is 59.1 Å². The number of hydrogen-bond donors (Lipinski definition) is 1. The van der Waals surface area contributed by atoms with Gasteiger partial charge in [0.1, 0.15) is 10.0 Å². The van der Waals surface area contributed by atoms with Crippen molar-refractivity contribution in [1.82, 2.24) is 4.98 Å². The molecule has 0 bridgehead atoms. The number of pyridine rings is 1. The number of aryl methyl sites for hydroxylation is 1. The van der Waals surface area contributed by atoms with E-state index in [-0.39, 0.29) is 10.0 Å². The third kappa shape index (κ3) is 3.03. The summed E-state index contributed by atoms with van der Waals surface area (Å²) in [5.74, 6) is 0.288. The van der Waals surface area contributed by atoms with Gasteiger partial charge in [0.25, 0.3) is 10.0 Å². The predicted molar refractivity (Wildman–Crippen MR) is 76.8 cm³/mol. The molecular formula is C10H8BrClN2O2S2. The Kier molecular flexibility index (Phi) is 3.96. The van der Waals surface area contributed by atoms with Crippen LogP contribution in [0.1, 0.15) is 5.69 Å². The lowest BCUT2D eigenvalue weighted by Crippen LogP contribution is -2.12. The normalized spacial score (nSPS) is 11.5. The molecule has 0 amide bonds. The molecule has 0 aliphatic rings. The van der Waals surface area contributed by atoms with Crippen molar-refractivity contribution in [1.29, 1.82) is 0 Å². The van der Waals surface area contributed by atoms with Crippen LogP contribution >= 0.6 is 38.9 Å². The smallest absolute Gasteiger partial charge is 0.263 e. The molecular weight excluding hydrogens is 360 g/mol. The molecule has 4 nitrogen and oxygen atoms in total. The summed E-state index contributed by atoms with van der Waals surface area (Å²) in [6, 6.07) is 6.51. The van der Waals surface area contributed by atoms with Gasteiger partial charge in [0.2, 0.25) is 0 Å². The van der Waals surface area contributed by atoms with E-state index in [1.165, 1.54) is 6.07 Å². The van der Waals surface area contributed by atoms with Crippen molar-refractivity contribution in [2.75, 3.05) is 4.72 Å². The number of thiophene rings is 1. The summed E-state index contributed by atoms with van der Waals surface area (Å²) in [6.45, 7) is 1.79. The first-order valence-corrected chi connectivity index (χ1v) is 8.27. The largest absolute Gasteiger partial charge is 0.272 e. The Labute approximate surface area is 122 Å². The van der Waals surface area contributed by atoms with Gasteiger partial charge in [0, 0.05) is 5.69 Å². The molecule has 0 unspecified atom stereocenters. The Morgan fingerprint density at radius 1 is 1.44 bits per heavy atom. The molecule has 96 valence electrons. The maximum atomic E-state index is 12.1. The number of halogens is 2. The van der Waals surface area contributed by atoms with E-state index in [4.69, 9.17) is 11.6 Å². The summed E-state index contributed by atoms with van der Waals surface area (Å²) in [5.41, 5.74) is 0.737. The minimum atomic E-state index is -3.64. The summed E-state index contributed by atoms with van der Waals surface area (Å²) in [4.78, 5) is 4.08. The number of anilines is 1. The second kappa shape index (κ2) is 5.16. The lowest BCUT2D eigenvalue weighted by atomic mass is 10.4. The van der Waals surface area contributed by atoms with Crippen LogP contribution in [0.25, 0.3) is 0 Å². The second-order valence-electron chi connectivity index (χ2n) is 3.46. The molecule has 0 aliphatic carbocycles. The molecule has 0 aliphatic heterocycles. The van der Waals surface area contributed by atoms with Crippen LogP contribution in [-0.4, -0.2) is 13.4 Å². The molecule has 2 rings (SSSR count). The highest BCUT2D eigenvalue weighted by Crippen LogP contribution is 2.35. The zero-order valence-corrected chi connectivity index (χ0v) is 13.1. The van der Waals surface area contributed by atoms with Crippen LogP contribution < -0.4 is 4.72 Å². The first kappa shape index (κ1) is 13.8. The molecule has 0 saturated heterocycles. The van der Waals surface area contributed by atoms with Crippen molar-refractivity contribution in [2.45, 2.75) is 11.1 Å². The van der Waals surface area contributed by atoms with E-state index in [1.54, 1.807) is 25.1 Å². The van der Waals surface area contributed by atoms with Gasteiger partial charge < -0.3 is 0 Å². The van der Waals surface area contributed by atoms with Crippen LogP contribution in [0.3, 0.4) is 0 Å². The van der Waals surface area contributed by atoms with E-state index in [9.17, 15) is 8.42 Å². The molecule has 0 fully saturated rings. The Hall–Kier alpha value is -0.630. The number of nitrogens with one attached hydrogen (secondary N) is 1. The molecule has 0 atom stereocenters. The van der Waals surface area contributed by atoms with Crippen molar-refractivity contribution >= 4 is 54.7 Å². The van der Waals surface area contributed by atoms with Gasteiger partial charge >= 0.3 is 0 Å². The van der Waals surface area contributed by atoms with Gasteiger partial charge in [-0.3, -0.25) is 4.72 Å². The van der Waals surface area contributed by atoms with Crippen molar-refractivity contribution in [3.8, 4) is 0 Å². The van der Waals surface area contributed by atoms with Crippen molar-refractivity contribution < 1.29 is 8.42 Å². The summed E-state index contributed by atoms with van der Waals surface area (Å²) in [5, 5.41) is 0.373. The van der Waals surface area contributed by atoms with E-state index in [0.29, 0.717) is 8.81 Å². The van der Waals surface area contributed by atoms with Crippen molar-refractivity contribution in [3.05, 3.63) is 38.8 Å². The number of aromatic nitrogens is 1. The highest BCUT2D eigenvalue weighted by Gasteiger charge is 2.19. The summed E-state index contributed by atoms with van der Waals surface area (Å²) in [6.07, 6.45) is 0. The number of hydrogen-bond acceptors (Lipinski definition) is 4. The number of sulfonamides is 1. The Morgan fingerprint density at radius 2 is 2.17 bits per heavy atom. The number of nitrogens with zero attached hydrogens (tertiary/aromatic N) is 1. The molecule has 18 heavy (non-hydrogen) atoms. The third-order valence-corrected chi connectivity index (χ3v) is 6.32. The van der Waals surface area contributed by atoms with Crippen LogP contribution in [0, 0.1) is 6.92 Å². The Bertz CT molecular complexity index is 665. The maximum absolute atomic E-state index is 12.1. The van der Waals surface area contributed by atoms with Gasteiger partial charge in [0.05, 0.1) is 8.81 Å². The average Bonchev–Trinajstić information content (AvgIpc) is 2.59. The van der Waals surface area contributed by atoms with E-state index >= 15 is 0 Å². The van der Waals surface area contributed by atoms with Crippen LogP contribution in [0.5, 0.6) is 0 Å². The summed E-state index contributed by atoms with van der Waals surface area (Å²) >= 11 is 10.1. The van der Waals surface area contributed by atoms with E-state index in [1.807, 2.05) is 0 Å².